The lowest BCUT2D eigenvalue weighted by Gasteiger charge is -2.21. The van der Waals surface area contributed by atoms with Gasteiger partial charge in [0.25, 0.3) is 0 Å². The van der Waals surface area contributed by atoms with Gasteiger partial charge >= 0.3 is 0 Å². The largest absolute Gasteiger partial charge is 0.317 e. The molecule has 0 unspecified atom stereocenters. The second-order valence-electron chi connectivity index (χ2n) is 4.59. The summed E-state index contributed by atoms with van der Waals surface area (Å²) < 4.78 is 0. The molecule has 1 aliphatic heterocycles. The van der Waals surface area contributed by atoms with E-state index in [-0.39, 0.29) is 0 Å². The monoisotopic (exact) mass is 243 g/mol. The zero-order chi connectivity index (χ0) is 11.5. The van der Waals surface area contributed by atoms with E-state index in [4.69, 9.17) is 0 Å². The molecule has 1 aromatic heterocycles. The van der Waals surface area contributed by atoms with Crippen molar-refractivity contribution in [3.63, 3.8) is 0 Å². The quantitative estimate of drug-likeness (QED) is 0.844. The standard InChI is InChI=1S/C15H17NS/c1-2-4-12(5-3-1)14-6-7-15(17-14)13-8-10-16-11-9-13/h1-7,13,16H,8-11H2. The van der Waals surface area contributed by atoms with Crippen LogP contribution in [0.5, 0.6) is 0 Å². The fourth-order valence-corrected chi connectivity index (χ4v) is 3.62. The van der Waals surface area contributed by atoms with Gasteiger partial charge in [0.15, 0.2) is 0 Å². The highest BCUT2D eigenvalue weighted by atomic mass is 32.1. The maximum atomic E-state index is 3.43. The molecule has 0 spiro atoms. The van der Waals surface area contributed by atoms with Crippen molar-refractivity contribution in [2.24, 2.45) is 0 Å². The highest BCUT2D eigenvalue weighted by Gasteiger charge is 2.17. The second kappa shape index (κ2) is 5.03. The maximum Gasteiger partial charge on any atom is 0.0345 e. The molecule has 88 valence electrons. The van der Waals surface area contributed by atoms with Gasteiger partial charge in [0.2, 0.25) is 0 Å². The van der Waals surface area contributed by atoms with Gasteiger partial charge in [-0.1, -0.05) is 30.3 Å². The van der Waals surface area contributed by atoms with Gasteiger partial charge in [-0.3, -0.25) is 0 Å². The van der Waals surface area contributed by atoms with Crippen molar-refractivity contribution in [3.05, 3.63) is 47.3 Å². The number of hydrogen-bond acceptors (Lipinski definition) is 2. The third-order valence-electron chi connectivity index (χ3n) is 3.43. The lowest BCUT2D eigenvalue weighted by atomic mass is 9.97. The maximum absolute atomic E-state index is 3.43. The topological polar surface area (TPSA) is 12.0 Å². The van der Waals surface area contributed by atoms with E-state index >= 15 is 0 Å². The summed E-state index contributed by atoms with van der Waals surface area (Å²) in [6.07, 6.45) is 2.57. The van der Waals surface area contributed by atoms with Crippen LogP contribution in [0.25, 0.3) is 10.4 Å². The number of nitrogens with one attached hydrogen (secondary N) is 1. The molecule has 1 aromatic carbocycles. The minimum absolute atomic E-state index is 0.777. The minimum atomic E-state index is 0.777. The predicted molar refractivity (Wildman–Crippen MR) is 74.6 cm³/mol. The van der Waals surface area contributed by atoms with Crippen LogP contribution >= 0.6 is 11.3 Å². The zero-order valence-electron chi connectivity index (χ0n) is 9.86. The summed E-state index contributed by atoms with van der Waals surface area (Å²) in [5.74, 6) is 0.777. The molecule has 2 heteroatoms. The van der Waals surface area contributed by atoms with Crippen molar-refractivity contribution in [1.29, 1.82) is 0 Å². The summed E-state index contributed by atoms with van der Waals surface area (Å²) in [6, 6.07) is 15.3. The van der Waals surface area contributed by atoms with Crippen molar-refractivity contribution < 1.29 is 0 Å². The summed E-state index contributed by atoms with van der Waals surface area (Å²) in [4.78, 5) is 2.96. The van der Waals surface area contributed by atoms with E-state index in [1.807, 2.05) is 11.3 Å². The highest BCUT2D eigenvalue weighted by Crippen LogP contribution is 2.35. The van der Waals surface area contributed by atoms with Crippen molar-refractivity contribution in [2.45, 2.75) is 18.8 Å². The number of rotatable bonds is 2. The number of thiophene rings is 1. The van der Waals surface area contributed by atoms with Gasteiger partial charge in [-0.05, 0) is 49.5 Å². The molecule has 3 rings (SSSR count). The van der Waals surface area contributed by atoms with E-state index in [0.717, 1.165) is 5.92 Å². The van der Waals surface area contributed by atoms with Gasteiger partial charge in [-0.15, -0.1) is 11.3 Å². The molecule has 17 heavy (non-hydrogen) atoms. The summed E-state index contributed by atoms with van der Waals surface area (Å²) in [7, 11) is 0. The van der Waals surface area contributed by atoms with Crippen LogP contribution in [0.3, 0.4) is 0 Å². The minimum Gasteiger partial charge on any atom is -0.317 e. The first-order chi connectivity index (χ1) is 8.43. The van der Waals surface area contributed by atoms with Gasteiger partial charge in [-0.2, -0.15) is 0 Å². The first-order valence-corrected chi connectivity index (χ1v) is 7.11. The van der Waals surface area contributed by atoms with Crippen LogP contribution < -0.4 is 5.32 Å². The first kappa shape index (κ1) is 11.0. The Balaban J connectivity index is 1.83. The first-order valence-electron chi connectivity index (χ1n) is 6.29. The Morgan fingerprint density at radius 2 is 1.71 bits per heavy atom. The van der Waals surface area contributed by atoms with Crippen molar-refractivity contribution >= 4 is 11.3 Å². The molecule has 1 fully saturated rings. The van der Waals surface area contributed by atoms with Gasteiger partial charge < -0.3 is 5.32 Å². The third kappa shape index (κ3) is 2.43. The molecule has 1 nitrogen and oxygen atoms in total. The van der Waals surface area contributed by atoms with E-state index in [1.165, 1.54) is 36.4 Å². The van der Waals surface area contributed by atoms with Crippen LogP contribution in [0.15, 0.2) is 42.5 Å². The van der Waals surface area contributed by atoms with E-state index in [2.05, 4.69) is 47.8 Å². The normalized spacial score (nSPS) is 17.2. The van der Waals surface area contributed by atoms with Crippen molar-refractivity contribution in [1.82, 2.24) is 5.32 Å². The molecule has 1 saturated heterocycles. The molecule has 0 bridgehead atoms. The second-order valence-corrected chi connectivity index (χ2v) is 5.71. The molecule has 0 radical (unpaired) electrons. The lowest BCUT2D eigenvalue weighted by molar-refractivity contribution is 0.465. The van der Waals surface area contributed by atoms with Crippen LogP contribution in [0.1, 0.15) is 23.6 Å². The summed E-state index contributed by atoms with van der Waals surface area (Å²) in [5, 5.41) is 3.43. The summed E-state index contributed by atoms with van der Waals surface area (Å²) >= 11 is 1.96. The van der Waals surface area contributed by atoms with Crippen molar-refractivity contribution in [3.8, 4) is 10.4 Å². The van der Waals surface area contributed by atoms with Crippen molar-refractivity contribution in [2.75, 3.05) is 13.1 Å². The Kier molecular flexibility index (Phi) is 3.25. The molecule has 1 N–H and O–H groups in total. The molecular weight excluding hydrogens is 226 g/mol. The summed E-state index contributed by atoms with van der Waals surface area (Å²) in [5.41, 5.74) is 1.35. The fraction of sp³-hybridized carbons (Fsp3) is 0.333. The van der Waals surface area contributed by atoms with Crippen LogP contribution in [-0.4, -0.2) is 13.1 Å². The van der Waals surface area contributed by atoms with Crippen LogP contribution in [0.4, 0.5) is 0 Å². The van der Waals surface area contributed by atoms with Crippen LogP contribution in [-0.2, 0) is 0 Å². The Bertz CT molecular complexity index is 469. The fourth-order valence-electron chi connectivity index (χ4n) is 2.44. The average Bonchev–Trinajstić information content (AvgIpc) is 2.90. The molecule has 1 aliphatic rings. The molecule has 0 aliphatic carbocycles. The average molecular weight is 243 g/mol. The Hall–Kier alpha value is -1.12. The lowest BCUT2D eigenvalue weighted by Crippen LogP contribution is -2.26. The molecular formula is C15H17NS. The van der Waals surface area contributed by atoms with Crippen LogP contribution in [0, 0.1) is 0 Å². The zero-order valence-corrected chi connectivity index (χ0v) is 10.7. The van der Waals surface area contributed by atoms with Crippen LogP contribution in [0.2, 0.25) is 0 Å². The molecule has 2 heterocycles. The SMILES string of the molecule is c1ccc(-c2ccc(C3CCNCC3)s2)cc1. The third-order valence-corrected chi connectivity index (χ3v) is 4.72. The Labute approximate surface area is 106 Å². The smallest absolute Gasteiger partial charge is 0.0345 e. The van der Waals surface area contributed by atoms with Gasteiger partial charge in [0, 0.05) is 9.75 Å². The number of hydrogen-bond donors (Lipinski definition) is 1. The van der Waals surface area contributed by atoms with Gasteiger partial charge in [-0.25, -0.2) is 0 Å². The number of benzene rings is 1. The molecule has 2 aromatic rings. The highest BCUT2D eigenvalue weighted by molar-refractivity contribution is 7.15. The molecule has 0 saturated carbocycles. The van der Waals surface area contributed by atoms with E-state index in [9.17, 15) is 0 Å². The summed E-state index contributed by atoms with van der Waals surface area (Å²) in [6.45, 7) is 2.34. The van der Waals surface area contributed by atoms with Gasteiger partial charge in [0.1, 0.15) is 0 Å². The Morgan fingerprint density at radius 3 is 2.47 bits per heavy atom. The number of piperidine rings is 1. The van der Waals surface area contributed by atoms with E-state index in [0.29, 0.717) is 0 Å². The van der Waals surface area contributed by atoms with Gasteiger partial charge in [0.05, 0.1) is 0 Å². The molecule has 0 amide bonds. The van der Waals surface area contributed by atoms with E-state index in [1.54, 1.807) is 4.88 Å². The molecule has 0 atom stereocenters. The Morgan fingerprint density at radius 1 is 0.941 bits per heavy atom. The van der Waals surface area contributed by atoms with E-state index < -0.39 is 0 Å². The predicted octanol–water partition coefficient (Wildman–Crippen LogP) is 3.88.